The molecule has 13 nitrogen and oxygen atoms in total. The first-order chi connectivity index (χ1) is 33.9. The van der Waals surface area contributed by atoms with Crippen LogP contribution in [0.2, 0.25) is 10.0 Å². The number of nitrogens with one attached hydrogen (secondary N) is 3. The van der Waals surface area contributed by atoms with Crippen molar-refractivity contribution in [1.82, 2.24) is 24.8 Å². The number of carbonyl (C=O) groups is 1. The number of benzene rings is 3. The summed E-state index contributed by atoms with van der Waals surface area (Å²) in [6.45, 7) is 13.3. The van der Waals surface area contributed by atoms with Crippen molar-refractivity contribution in [2.75, 3.05) is 0 Å². The fraction of sp³-hybridized carbons (Fsp3) is 0.455. The maximum Gasteiger partial charge on any atom is 0.244 e. The fourth-order valence-corrected chi connectivity index (χ4v) is 9.24. The molecule has 5 aromatic rings. The number of aromatic amines is 1. The van der Waals surface area contributed by atoms with Gasteiger partial charge in [0, 0.05) is 55.0 Å². The summed E-state index contributed by atoms with van der Waals surface area (Å²) in [5.74, 6) is 6.80. The highest BCUT2D eigenvalue weighted by Gasteiger charge is 2.28. The largest absolute Gasteiger partial charge is 0.498 e. The van der Waals surface area contributed by atoms with Crippen LogP contribution in [0, 0.1) is 41.9 Å². The summed E-state index contributed by atoms with van der Waals surface area (Å²) >= 11 is 12.1. The predicted molar refractivity (Wildman–Crippen MR) is 279 cm³/mol. The Hall–Kier alpha value is -6.37. The van der Waals surface area contributed by atoms with Crippen LogP contribution in [-0.4, -0.2) is 68.4 Å². The van der Waals surface area contributed by atoms with E-state index in [2.05, 4.69) is 88.7 Å². The van der Waals surface area contributed by atoms with Gasteiger partial charge in [-0.1, -0.05) is 43.1 Å². The number of rotatable bonds is 12. The second kappa shape index (κ2) is 27.7. The fourth-order valence-electron chi connectivity index (χ4n) is 8.82. The van der Waals surface area contributed by atoms with Crippen LogP contribution in [0.25, 0.3) is 11.0 Å². The highest BCUT2D eigenvalue weighted by atomic mass is 35.5. The van der Waals surface area contributed by atoms with E-state index in [4.69, 9.17) is 58.3 Å². The molecule has 0 spiro atoms. The van der Waals surface area contributed by atoms with Gasteiger partial charge in [-0.2, -0.15) is 10.5 Å². The average molecular weight is 989 g/mol. The molecule has 3 N–H and O–H groups in total. The summed E-state index contributed by atoms with van der Waals surface area (Å²) in [5.41, 5.74) is 5.55. The molecule has 2 heterocycles. The molecule has 0 saturated heterocycles. The number of hydrogen-bond donors (Lipinski definition) is 3. The number of nitriles is 2. The van der Waals surface area contributed by atoms with Crippen LogP contribution in [0.15, 0.2) is 84.2 Å². The monoisotopic (exact) mass is 987 g/mol. The first kappa shape index (κ1) is 54.6. The molecule has 70 heavy (non-hydrogen) atoms. The molecule has 1 unspecified atom stereocenters. The number of imidazole rings is 2. The van der Waals surface area contributed by atoms with Gasteiger partial charge in [0.05, 0.1) is 56.8 Å². The van der Waals surface area contributed by atoms with Crippen LogP contribution in [0.3, 0.4) is 0 Å². The number of aryl methyl sites for hydroxylation is 2. The Kier molecular flexibility index (Phi) is 21.6. The van der Waals surface area contributed by atoms with Crippen molar-refractivity contribution in [2.45, 2.75) is 154 Å². The normalized spacial score (nSPS) is 21.0. The first-order valence-corrected chi connectivity index (χ1v) is 25.1. The Labute approximate surface area is 423 Å². The molecule has 3 fully saturated rings. The zero-order valence-electron chi connectivity index (χ0n) is 41.3. The van der Waals surface area contributed by atoms with E-state index in [9.17, 15) is 4.79 Å². The van der Waals surface area contributed by atoms with Crippen molar-refractivity contribution in [3.05, 3.63) is 123 Å². The van der Waals surface area contributed by atoms with E-state index in [1.54, 1.807) is 43.5 Å². The van der Waals surface area contributed by atoms with E-state index in [1.807, 2.05) is 32.2 Å². The Morgan fingerprint density at radius 2 is 1.41 bits per heavy atom. The maximum atomic E-state index is 11.7. The van der Waals surface area contributed by atoms with Gasteiger partial charge in [0.2, 0.25) is 5.91 Å². The molecule has 3 aliphatic carbocycles. The SMILES string of the molecule is C=NC(C)C(=O)NC1CCC(O/C=C/C=C=N)CC1.CC.Cc1ccc2nc(C3CCC(Oc4ccc(C#N)c(Cl)c4)CC3)[nH]c2c1.Cc1cnc(C2CCC(Oc3ccc(C#N)c(Cl)c3)CC2)n1C. The van der Waals surface area contributed by atoms with Crippen molar-refractivity contribution in [3.63, 3.8) is 0 Å². The van der Waals surface area contributed by atoms with E-state index < -0.39 is 0 Å². The number of nitrogens with zero attached hydrogens (tertiary/aromatic N) is 6. The van der Waals surface area contributed by atoms with Crippen LogP contribution in [0.4, 0.5) is 0 Å². The van der Waals surface area contributed by atoms with Crippen LogP contribution in [0.5, 0.6) is 11.5 Å². The number of hydrogen-bond acceptors (Lipinski definition) is 10. The molecule has 3 aromatic carbocycles. The summed E-state index contributed by atoms with van der Waals surface area (Å²) in [6.07, 6.45) is 19.1. The molecule has 0 radical (unpaired) electrons. The minimum Gasteiger partial charge on any atom is -0.498 e. The molecule has 3 saturated carbocycles. The second-order valence-corrected chi connectivity index (χ2v) is 18.6. The third kappa shape index (κ3) is 15.8. The zero-order valence-corrected chi connectivity index (χ0v) is 42.8. The minimum atomic E-state index is -0.384. The third-order valence-corrected chi connectivity index (χ3v) is 13.6. The third-order valence-electron chi connectivity index (χ3n) is 12.9. The number of amides is 1. The van der Waals surface area contributed by atoms with Crippen LogP contribution < -0.4 is 14.8 Å². The van der Waals surface area contributed by atoms with Crippen molar-refractivity contribution in [2.24, 2.45) is 12.0 Å². The van der Waals surface area contributed by atoms with Gasteiger partial charge in [0.15, 0.2) is 0 Å². The molecule has 1 atom stereocenters. The van der Waals surface area contributed by atoms with E-state index in [0.717, 1.165) is 105 Å². The quantitative estimate of drug-likeness (QED) is 0.0626. The molecule has 370 valence electrons. The van der Waals surface area contributed by atoms with E-state index in [0.29, 0.717) is 33.0 Å². The molecule has 15 heteroatoms. The van der Waals surface area contributed by atoms with Gasteiger partial charge < -0.3 is 29.1 Å². The Balaban J connectivity index is 0.000000195. The van der Waals surface area contributed by atoms with E-state index in [1.165, 1.54) is 23.2 Å². The lowest BCUT2D eigenvalue weighted by Gasteiger charge is -2.29. The number of fused-ring (bicyclic) bond motifs is 1. The van der Waals surface area contributed by atoms with Gasteiger partial charge >= 0.3 is 0 Å². The number of allylic oxidation sites excluding steroid dienone is 2. The van der Waals surface area contributed by atoms with Crippen LogP contribution in [0.1, 0.15) is 144 Å². The molecular formula is C55H67Cl2N9O4. The molecule has 1 amide bonds. The summed E-state index contributed by atoms with van der Waals surface area (Å²) < 4.78 is 19.8. The van der Waals surface area contributed by atoms with E-state index >= 15 is 0 Å². The van der Waals surface area contributed by atoms with Crippen molar-refractivity contribution < 1.29 is 19.0 Å². The Morgan fingerprint density at radius 1 is 0.857 bits per heavy atom. The smallest absolute Gasteiger partial charge is 0.244 e. The minimum absolute atomic E-state index is 0.0598. The highest BCUT2D eigenvalue weighted by molar-refractivity contribution is 6.32. The molecule has 0 aliphatic heterocycles. The van der Waals surface area contributed by atoms with Gasteiger partial charge in [-0.15, -0.1) is 0 Å². The number of aromatic nitrogens is 4. The Bertz CT molecular complexity index is 2650. The number of H-pyrrole nitrogens is 1. The van der Waals surface area contributed by atoms with Crippen molar-refractivity contribution in [3.8, 4) is 23.6 Å². The summed E-state index contributed by atoms with van der Waals surface area (Å²) in [5, 5.41) is 28.4. The molecule has 8 rings (SSSR count). The van der Waals surface area contributed by atoms with Gasteiger partial charge in [-0.05, 0) is 158 Å². The number of carbonyl (C=O) groups excluding carboxylic acids is 1. The maximum absolute atomic E-state index is 11.7. The topological polar surface area (TPSA) is 187 Å². The van der Waals surface area contributed by atoms with Gasteiger partial charge in [-0.25, -0.2) is 9.97 Å². The van der Waals surface area contributed by atoms with E-state index in [-0.39, 0.29) is 36.3 Å². The first-order valence-electron chi connectivity index (χ1n) is 24.4. The number of aliphatic imine (C=N–C) groups is 1. The predicted octanol–water partition coefficient (Wildman–Crippen LogP) is 12.7. The Morgan fingerprint density at radius 3 is 1.91 bits per heavy atom. The molecule has 0 bridgehead atoms. The van der Waals surface area contributed by atoms with Crippen molar-refractivity contribution >= 4 is 52.7 Å². The molecule has 2 aromatic heterocycles. The average Bonchev–Trinajstić information content (AvgIpc) is 3.96. The van der Waals surface area contributed by atoms with Crippen LogP contribution >= 0.6 is 23.2 Å². The van der Waals surface area contributed by atoms with Crippen LogP contribution in [-0.2, 0) is 16.6 Å². The number of halogens is 2. The summed E-state index contributed by atoms with van der Waals surface area (Å²) in [7, 11) is 2.08. The lowest BCUT2D eigenvalue weighted by atomic mass is 9.86. The number of ether oxygens (including phenoxy) is 3. The molecular weight excluding hydrogens is 922 g/mol. The molecule has 3 aliphatic rings. The standard InChI is InChI=1S/C21H20ClN3O.C18H20ClN3O.C14H21N3O2.C2H6/c1-13-2-9-19-20(10-13)25-21(24-19)14-3-6-16(7-4-14)26-17-8-5-15(12-23)18(22)11-17;1-12-11-21-18(22(12)2)13-3-6-15(7-4-13)23-16-8-5-14(10-20)17(19)9-16;1-11(16-2)14(18)17-12-5-7-13(8-6-12)19-10-4-3-9-15;1-2/h2,5,8-11,14,16H,3-4,6-7H2,1H3,(H,24,25);5,8-9,11,13,15H,3-4,6-7H2,1-2H3;3-4,10-13,15H,2,5-8H2,1H3,(H,17,18);1-2H3/b;;10-4+;. The zero-order chi connectivity index (χ0) is 50.6. The van der Waals surface area contributed by atoms with Gasteiger partial charge in [-0.3, -0.25) is 15.2 Å². The summed E-state index contributed by atoms with van der Waals surface area (Å²) in [6, 6.07) is 20.8. The lowest BCUT2D eigenvalue weighted by Crippen LogP contribution is -2.42. The van der Waals surface area contributed by atoms with Gasteiger partial charge in [0.25, 0.3) is 0 Å². The van der Waals surface area contributed by atoms with Gasteiger partial charge in [0.1, 0.15) is 41.3 Å². The lowest BCUT2D eigenvalue weighted by molar-refractivity contribution is -0.123. The van der Waals surface area contributed by atoms with Crippen molar-refractivity contribution in [1.29, 1.82) is 15.9 Å². The second-order valence-electron chi connectivity index (χ2n) is 17.8. The highest BCUT2D eigenvalue weighted by Crippen LogP contribution is 2.36. The summed E-state index contributed by atoms with van der Waals surface area (Å²) in [4.78, 5) is 28.2.